The third-order valence-corrected chi connectivity index (χ3v) is 5.02. The highest BCUT2D eigenvalue weighted by molar-refractivity contribution is 6.30. The number of hydrogen-bond donors (Lipinski definition) is 1. The zero-order valence-electron chi connectivity index (χ0n) is 12.1. The van der Waals surface area contributed by atoms with Gasteiger partial charge >= 0.3 is 0 Å². The van der Waals surface area contributed by atoms with Crippen molar-refractivity contribution in [2.75, 3.05) is 19.7 Å². The quantitative estimate of drug-likeness (QED) is 0.932. The second kappa shape index (κ2) is 6.61. The Morgan fingerprint density at radius 1 is 1.38 bits per heavy atom. The average molecular weight is 313 g/mol. The molecular weight excluding hydrogens is 291 g/mol. The van der Waals surface area contributed by atoms with Gasteiger partial charge in [-0.2, -0.15) is 0 Å². The summed E-state index contributed by atoms with van der Waals surface area (Å²) in [5, 5.41) is 0.166. The van der Waals surface area contributed by atoms with Gasteiger partial charge < -0.3 is 10.5 Å². The zero-order chi connectivity index (χ0) is 14.8. The summed E-state index contributed by atoms with van der Waals surface area (Å²) in [5.41, 5.74) is 7.02. The first-order chi connectivity index (χ1) is 10.2. The first kappa shape index (κ1) is 15.2. The van der Waals surface area contributed by atoms with Gasteiger partial charge in [0, 0.05) is 25.2 Å². The second-order valence-electron chi connectivity index (χ2n) is 5.92. The fourth-order valence-corrected chi connectivity index (χ4v) is 3.88. The first-order valence-corrected chi connectivity index (χ1v) is 8.11. The predicted molar refractivity (Wildman–Crippen MR) is 81.9 cm³/mol. The maximum Gasteiger partial charge on any atom is 0.141 e. The van der Waals surface area contributed by atoms with Crippen LogP contribution in [0.2, 0.25) is 5.02 Å². The molecule has 1 aliphatic carbocycles. The van der Waals surface area contributed by atoms with E-state index in [0.29, 0.717) is 18.7 Å². The van der Waals surface area contributed by atoms with Crippen molar-refractivity contribution >= 4 is 11.6 Å². The van der Waals surface area contributed by atoms with Crippen molar-refractivity contribution in [2.24, 2.45) is 5.73 Å². The van der Waals surface area contributed by atoms with Gasteiger partial charge in [0.2, 0.25) is 0 Å². The van der Waals surface area contributed by atoms with Crippen LogP contribution < -0.4 is 5.73 Å². The molecule has 2 N–H and O–H groups in total. The van der Waals surface area contributed by atoms with E-state index in [1.165, 1.54) is 18.9 Å². The summed E-state index contributed by atoms with van der Waals surface area (Å²) in [4.78, 5) is 2.44. The number of halogens is 2. The highest BCUT2D eigenvalue weighted by Gasteiger charge is 2.37. The lowest BCUT2D eigenvalue weighted by molar-refractivity contribution is -0.102. The zero-order valence-corrected chi connectivity index (χ0v) is 12.9. The van der Waals surface area contributed by atoms with Gasteiger partial charge in [0.1, 0.15) is 5.82 Å². The number of ether oxygens (including phenoxy) is 1. The molecule has 0 radical (unpaired) electrons. The van der Waals surface area contributed by atoms with Gasteiger partial charge in [-0.05, 0) is 30.5 Å². The predicted octanol–water partition coefficient (Wildman–Crippen LogP) is 3.12. The van der Waals surface area contributed by atoms with E-state index in [1.807, 2.05) is 0 Å². The summed E-state index contributed by atoms with van der Waals surface area (Å²) < 4.78 is 19.3. The Labute approximate surface area is 130 Å². The average Bonchev–Trinajstić information content (AvgIpc) is 2.52. The smallest absolute Gasteiger partial charge is 0.141 e. The molecule has 3 unspecified atom stereocenters. The summed E-state index contributed by atoms with van der Waals surface area (Å²) in [5.74, 6) is -0.381. The molecular formula is C16H22ClFN2O. The lowest BCUT2D eigenvalue weighted by atomic mass is 9.88. The van der Waals surface area contributed by atoms with Crippen LogP contribution in [0.4, 0.5) is 4.39 Å². The van der Waals surface area contributed by atoms with Crippen LogP contribution in [-0.2, 0) is 4.74 Å². The van der Waals surface area contributed by atoms with Crippen molar-refractivity contribution in [1.82, 2.24) is 4.90 Å². The van der Waals surface area contributed by atoms with E-state index in [2.05, 4.69) is 4.90 Å². The van der Waals surface area contributed by atoms with Crippen molar-refractivity contribution in [3.8, 4) is 0 Å². The molecule has 1 heterocycles. The van der Waals surface area contributed by atoms with E-state index in [1.54, 1.807) is 12.1 Å². The Hall–Kier alpha value is -0.680. The summed E-state index contributed by atoms with van der Waals surface area (Å²) in [6.07, 6.45) is 5.07. The summed E-state index contributed by atoms with van der Waals surface area (Å²) in [6, 6.07) is 5.44. The number of nitrogens with zero attached hydrogens (tertiary/aromatic N) is 1. The monoisotopic (exact) mass is 312 g/mol. The van der Waals surface area contributed by atoms with Gasteiger partial charge in [-0.3, -0.25) is 4.90 Å². The lowest BCUT2D eigenvalue weighted by Gasteiger charge is -2.47. The molecule has 116 valence electrons. The number of morpholine rings is 1. The molecule has 0 bridgehead atoms. The molecule has 1 saturated carbocycles. The molecule has 0 amide bonds. The maximum atomic E-state index is 13.4. The van der Waals surface area contributed by atoms with Crippen molar-refractivity contribution in [3.05, 3.63) is 34.6 Å². The van der Waals surface area contributed by atoms with Crippen LogP contribution in [-0.4, -0.2) is 36.7 Å². The molecule has 1 saturated heterocycles. The molecule has 3 rings (SSSR count). The number of hydrogen-bond acceptors (Lipinski definition) is 3. The molecule has 5 heteroatoms. The highest BCUT2D eigenvalue weighted by atomic mass is 35.5. The van der Waals surface area contributed by atoms with Crippen molar-refractivity contribution in [2.45, 2.75) is 43.9 Å². The lowest BCUT2D eigenvalue weighted by Crippen LogP contribution is -2.54. The van der Waals surface area contributed by atoms with Crippen LogP contribution in [0.3, 0.4) is 0 Å². The summed E-state index contributed by atoms with van der Waals surface area (Å²) in [7, 11) is 0. The minimum Gasteiger partial charge on any atom is -0.375 e. The van der Waals surface area contributed by atoms with Crippen LogP contribution in [0.5, 0.6) is 0 Å². The highest BCUT2D eigenvalue weighted by Crippen LogP contribution is 2.34. The van der Waals surface area contributed by atoms with Crippen molar-refractivity contribution in [3.63, 3.8) is 0 Å². The van der Waals surface area contributed by atoms with Crippen LogP contribution in [0, 0.1) is 5.82 Å². The largest absolute Gasteiger partial charge is 0.375 e. The van der Waals surface area contributed by atoms with E-state index >= 15 is 0 Å². The van der Waals surface area contributed by atoms with E-state index in [-0.39, 0.29) is 16.9 Å². The van der Waals surface area contributed by atoms with Crippen LogP contribution in [0.25, 0.3) is 0 Å². The Bertz CT molecular complexity index is 497. The van der Waals surface area contributed by atoms with Gasteiger partial charge in [-0.15, -0.1) is 0 Å². The Morgan fingerprint density at radius 2 is 2.19 bits per heavy atom. The fraction of sp³-hybridized carbons (Fsp3) is 0.625. The SMILES string of the molecule is NCC(c1ccc(F)c(Cl)c1)N1CCOC2CCCCC21. The third kappa shape index (κ3) is 3.09. The molecule has 1 aromatic rings. The molecule has 3 atom stereocenters. The maximum absolute atomic E-state index is 13.4. The first-order valence-electron chi connectivity index (χ1n) is 7.73. The number of rotatable bonds is 3. The topological polar surface area (TPSA) is 38.5 Å². The van der Waals surface area contributed by atoms with Crippen LogP contribution in [0.15, 0.2) is 18.2 Å². The molecule has 0 spiro atoms. The van der Waals surface area contributed by atoms with Crippen molar-refractivity contribution in [1.29, 1.82) is 0 Å². The summed E-state index contributed by atoms with van der Waals surface area (Å²) >= 11 is 5.93. The van der Waals surface area contributed by atoms with Crippen LogP contribution >= 0.6 is 11.6 Å². The Kier molecular flexibility index (Phi) is 4.79. The van der Waals surface area contributed by atoms with Gasteiger partial charge in [-0.25, -0.2) is 4.39 Å². The normalized spacial score (nSPS) is 28.1. The Morgan fingerprint density at radius 3 is 2.95 bits per heavy atom. The molecule has 1 aromatic carbocycles. The van der Waals surface area contributed by atoms with Gasteiger partial charge in [-0.1, -0.05) is 30.5 Å². The van der Waals surface area contributed by atoms with E-state index in [9.17, 15) is 4.39 Å². The van der Waals surface area contributed by atoms with Gasteiger partial charge in [0.15, 0.2) is 0 Å². The number of fused-ring (bicyclic) bond motifs is 1. The minimum absolute atomic E-state index is 0.0811. The van der Waals surface area contributed by atoms with Crippen molar-refractivity contribution < 1.29 is 9.13 Å². The Balaban J connectivity index is 1.85. The van der Waals surface area contributed by atoms with Gasteiger partial charge in [0.05, 0.1) is 17.7 Å². The van der Waals surface area contributed by atoms with Crippen LogP contribution in [0.1, 0.15) is 37.3 Å². The molecule has 3 nitrogen and oxygen atoms in total. The molecule has 2 aliphatic rings. The molecule has 21 heavy (non-hydrogen) atoms. The molecule has 0 aromatic heterocycles. The van der Waals surface area contributed by atoms with Gasteiger partial charge in [0.25, 0.3) is 0 Å². The van der Waals surface area contributed by atoms with E-state index in [4.69, 9.17) is 22.1 Å². The molecule has 2 fully saturated rings. The third-order valence-electron chi connectivity index (χ3n) is 4.73. The second-order valence-corrected chi connectivity index (χ2v) is 6.33. The van der Waals surface area contributed by atoms with E-state index < -0.39 is 0 Å². The number of nitrogens with two attached hydrogens (primary N) is 1. The minimum atomic E-state index is -0.381. The number of benzene rings is 1. The fourth-order valence-electron chi connectivity index (χ4n) is 3.70. The summed E-state index contributed by atoms with van der Waals surface area (Å²) in [6.45, 7) is 2.12. The standard InChI is InChI=1S/C16H22ClFN2O/c17-12-9-11(5-6-13(12)18)15(10-19)20-7-8-21-16-4-2-1-3-14(16)20/h5-6,9,14-16H,1-4,7-8,10,19H2. The molecule has 1 aliphatic heterocycles. The van der Waals surface area contributed by atoms with E-state index in [0.717, 1.165) is 31.6 Å².